The Morgan fingerprint density at radius 2 is 1.75 bits per heavy atom. The third-order valence-corrected chi connectivity index (χ3v) is 1.35. The van der Waals surface area contributed by atoms with Gasteiger partial charge in [0, 0.05) is 35.6 Å². The van der Waals surface area contributed by atoms with Crippen LogP contribution in [0.25, 0.3) is 0 Å². The first kappa shape index (κ1) is 11.8. The van der Waals surface area contributed by atoms with E-state index in [4.69, 9.17) is 10.2 Å². The topological polar surface area (TPSA) is 57.5 Å². The Bertz CT molecular complexity index is 248. The predicted octanol–water partition coefficient (Wildman–Crippen LogP) is 0.805. The standard InChI is InChI=1S/C8H8O3.La/c9-7(8(10)11)6-4-2-1-3-5-6;/h1-5,7,9H,(H,10,11);/t7-;/m1./s1. The Morgan fingerprint density at radius 1 is 1.25 bits per heavy atom. The van der Waals surface area contributed by atoms with Gasteiger partial charge in [-0.3, -0.25) is 0 Å². The molecule has 0 aliphatic heterocycles. The van der Waals surface area contributed by atoms with Gasteiger partial charge < -0.3 is 10.2 Å². The Morgan fingerprint density at radius 3 is 2.17 bits per heavy atom. The normalized spacial score (nSPS) is 11.4. The average Bonchev–Trinajstić information content (AvgIpc) is 2.05. The summed E-state index contributed by atoms with van der Waals surface area (Å²) in [6, 6.07) is 8.26. The van der Waals surface area contributed by atoms with Crippen LogP contribution in [0.1, 0.15) is 11.7 Å². The number of hydrogen-bond donors (Lipinski definition) is 2. The molecule has 0 aromatic heterocycles. The molecule has 1 radical (unpaired) electrons. The summed E-state index contributed by atoms with van der Waals surface area (Å²) >= 11 is 0. The number of aliphatic hydroxyl groups excluding tert-OH is 1. The quantitative estimate of drug-likeness (QED) is 0.847. The van der Waals surface area contributed by atoms with E-state index in [0.717, 1.165) is 0 Å². The zero-order valence-corrected chi connectivity index (χ0v) is 9.97. The fraction of sp³-hybridized carbons (Fsp3) is 0.125. The van der Waals surface area contributed by atoms with Crippen molar-refractivity contribution in [3.63, 3.8) is 0 Å². The second kappa shape index (κ2) is 5.48. The summed E-state index contributed by atoms with van der Waals surface area (Å²) in [5, 5.41) is 17.4. The van der Waals surface area contributed by atoms with Crippen LogP contribution in [-0.4, -0.2) is 16.2 Å². The molecule has 0 aliphatic rings. The Labute approximate surface area is 98.0 Å². The van der Waals surface area contributed by atoms with Gasteiger partial charge in [-0.15, -0.1) is 0 Å². The van der Waals surface area contributed by atoms with Crippen molar-refractivity contribution in [2.75, 3.05) is 0 Å². The van der Waals surface area contributed by atoms with Crippen LogP contribution in [-0.2, 0) is 4.79 Å². The summed E-state index contributed by atoms with van der Waals surface area (Å²) in [6.45, 7) is 0. The largest absolute Gasteiger partial charge is 0.479 e. The van der Waals surface area contributed by atoms with Crippen LogP contribution in [0.15, 0.2) is 30.3 Å². The minimum atomic E-state index is -1.41. The van der Waals surface area contributed by atoms with Crippen molar-refractivity contribution in [2.45, 2.75) is 6.10 Å². The Hall–Kier alpha value is -0.155. The first-order valence-corrected chi connectivity index (χ1v) is 3.17. The van der Waals surface area contributed by atoms with Crippen molar-refractivity contribution in [3.8, 4) is 0 Å². The Kier molecular flexibility index (Phi) is 5.41. The average molecular weight is 291 g/mol. The van der Waals surface area contributed by atoms with Crippen molar-refractivity contribution in [1.82, 2.24) is 0 Å². The molecule has 0 bridgehead atoms. The van der Waals surface area contributed by atoms with E-state index < -0.39 is 12.1 Å². The molecule has 12 heavy (non-hydrogen) atoms. The van der Waals surface area contributed by atoms with Crippen LogP contribution in [0.3, 0.4) is 0 Å². The minimum Gasteiger partial charge on any atom is -0.479 e. The third kappa shape index (κ3) is 3.07. The van der Waals surface area contributed by atoms with Crippen molar-refractivity contribution in [1.29, 1.82) is 0 Å². The van der Waals surface area contributed by atoms with E-state index in [0.29, 0.717) is 5.56 Å². The minimum absolute atomic E-state index is 0. The number of carboxylic acid groups (broad SMARTS) is 1. The van der Waals surface area contributed by atoms with Crippen molar-refractivity contribution >= 4 is 5.97 Å². The second-order valence-corrected chi connectivity index (χ2v) is 2.15. The van der Waals surface area contributed by atoms with Gasteiger partial charge in [0.1, 0.15) is 0 Å². The van der Waals surface area contributed by atoms with Crippen molar-refractivity contribution in [3.05, 3.63) is 35.9 Å². The molecule has 61 valence electrons. The van der Waals surface area contributed by atoms with E-state index in [1.54, 1.807) is 30.3 Å². The number of aliphatic hydroxyl groups is 1. The van der Waals surface area contributed by atoms with Crippen molar-refractivity contribution < 1.29 is 50.6 Å². The molecular weight excluding hydrogens is 283 g/mol. The molecule has 2 N–H and O–H groups in total. The molecule has 0 spiro atoms. The SMILES string of the molecule is O=C(O)[C@H](O)c1ccccc1.[La]. The van der Waals surface area contributed by atoms with E-state index in [9.17, 15) is 4.79 Å². The first-order valence-electron chi connectivity index (χ1n) is 3.17. The zero-order chi connectivity index (χ0) is 8.27. The van der Waals surface area contributed by atoms with Crippen LogP contribution in [0, 0.1) is 35.6 Å². The molecule has 1 atom stereocenters. The smallest absolute Gasteiger partial charge is 0.337 e. The molecule has 0 heterocycles. The van der Waals surface area contributed by atoms with Crippen LogP contribution in [0.5, 0.6) is 0 Å². The van der Waals surface area contributed by atoms with Crippen LogP contribution in [0.4, 0.5) is 0 Å². The first-order chi connectivity index (χ1) is 5.22. The monoisotopic (exact) mass is 291 g/mol. The summed E-state index contributed by atoms with van der Waals surface area (Å²) in [7, 11) is 0. The summed E-state index contributed by atoms with van der Waals surface area (Å²) in [6.07, 6.45) is -1.41. The molecule has 1 rings (SSSR count). The maximum atomic E-state index is 10.2. The van der Waals surface area contributed by atoms with E-state index in [2.05, 4.69) is 0 Å². The van der Waals surface area contributed by atoms with Crippen LogP contribution in [0.2, 0.25) is 0 Å². The second-order valence-electron chi connectivity index (χ2n) is 2.15. The van der Waals surface area contributed by atoms with E-state index >= 15 is 0 Å². The molecule has 1 aromatic rings. The summed E-state index contributed by atoms with van der Waals surface area (Å²) in [5.41, 5.74) is 0.403. The number of carboxylic acids is 1. The summed E-state index contributed by atoms with van der Waals surface area (Å²) in [5.74, 6) is -1.23. The van der Waals surface area contributed by atoms with Crippen LogP contribution < -0.4 is 0 Å². The summed E-state index contributed by atoms with van der Waals surface area (Å²) < 4.78 is 0. The number of aliphatic carboxylic acids is 1. The third-order valence-electron chi connectivity index (χ3n) is 1.35. The molecule has 0 saturated heterocycles. The Balaban J connectivity index is 0.00000121. The van der Waals surface area contributed by atoms with Crippen LogP contribution >= 0.6 is 0 Å². The van der Waals surface area contributed by atoms with E-state index in [1.807, 2.05) is 0 Å². The zero-order valence-electron chi connectivity index (χ0n) is 6.34. The van der Waals surface area contributed by atoms with E-state index in [-0.39, 0.29) is 35.6 Å². The van der Waals surface area contributed by atoms with Gasteiger partial charge in [0.05, 0.1) is 0 Å². The molecule has 1 aromatic carbocycles. The maximum absolute atomic E-state index is 10.2. The number of benzene rings is 1. The molecular formula is C8H8LaO3. The molecule has 0 fully saturated rings. The van der Waals surface area contributed by atoms with Gasteiger partial charge in [-0.2, -0.15) is 0 Å². The fourth-order valence-corrected chi connectivity index (χ4v) is 0.778. The van der Waals surface area contributed by atoms with Gasteiger partial charge in [0.2, 0.25) is 0 Å². The summed E-state index contributed by atoms with van der Waals surface area (Å²) in [4.78, 5) is 10.2. The number of carbonyl (C=O) groups is 1. The van der Waals surface area contributed by atoms with Gasteiger partial charge in [-0.1, -0.05) is 30.3 Å². The maximum Gasteiger partial charge on any atom is 0.337 e. The molecule has 4 heteroatoms. The molecule has 3 nitrogen and oxygen atoms in total. The van der Waals surface area contributed by atoms with Gasteiger partial charge in [0.15, 0.2) is 6.10 Å². The predicted molar refractivity (Wildman–Crippen MR) is 39.0 cm³/mol. The molecule has 0 aliphatic carbocycles. The van der Waals surface area contributed by atoms with Crippen molar-refractivity contribution in [2.24, 2.45) is 0 Å². The van der Waals surface area contributed by atoms with Gasteiger partial charge in [-0.25, -0.2) is 4.79 Å². The number of rotatable bonds is 2. The molecule has 0 unspecified atom stereocenters. The fourth-order valence-electron chi connectivity index (χ4n) is 0.778. The molecule has 0 saturated carbocycles. The van der Waals surface area contributed by atoms with Gasteiger partial charge in [0.25, 0.3) is 0 Å². The van der Waals surface area contributed by atoms with E-state index in [1.165, 1.54) is 0 Å². The van der Waals surface area contributed by atoms with Gasteiger partial charge >= 0.3 is 5.97 Å². The number of hydrogen-bond acceptors (Lipinski definition) is 2. The van der Waals surface area contributed by atoms with Gasteiger partial charge in [-0.05, 0) is 5.56 Å². The molecule has 0 amide bonds.